The van der Waals surface area contributed by atoms with Gasteiger partial charge in [-0.3, -0.25) is 4.90 Å². The highest BCUT2D eigenvalue weighted by Crippen LogP contribution is 2.38. The molecule has 0 radical (unpaired) electrons. The van der Waals surface area contributed by atoms with Crippen LogP contribution in [0.2, 0.25) is 0 Å². The van der Waals surface area contributed by atoms with Crippen LogP contribution >= 0.6 is 0 Å². The molecule has 0 aromatic rings. The maximum Gasteiger partial charge on any atom is 0.0224 e. The van der Waals surface area contributed by atoms with Crippen molar-refractivity contribution in [2.24, 2.45) is 17.8 Å². The molecular formula is C14H26N2. The zero-order chi connectivity index (χ0) is 11.1. The van der Waals surface area contributed by atoms with Gasteiger partial charge in [0.05, 0.1) is 0 Å². The van der Waals surface area contributed by atoms with Crippen molar-refractivity contribution in [2.75, 3.05) is 19.6 Å². The van der Waals surface area contributed by atoms with E-state index in [-0.39, 0.29) is 0 Å². The van der Waals surface area contributed by atoms with E-state index in [2.05, 4.69) is 24.1 Å². The van der Waals surface area contributed by atoms with E-state index in [0.29, 0.717) is 0 Å². The molecule has 2 nitrogen and oxygen atoms in total. The van der Waals surface area contributed by atoms with E-state index in [4.69, 9.17) is 0 Å². The summed E-state index contributed by atoms with van der Waals surface area (Å²) < 4.78 is 0. The van der Waals surface area contributed by atoms with Crippen molar-refractivity contribution >= 4 is 0 Å². The molecule has 1 aliphatic heterocycles. The summed E-state index contributed by atoms with van der Waals surface area (Å²) in [6, 6.07) is 1.55. The molecule has 2 saturated carbocycles. The molecule has 1 N–H and O–H groups in total. The Morgan fingerprint density at radius 2 is 2.00 bits per heavy atom. The van der Waals surface area contributed by atoms with E-state index in [1.54, 1.807) is 0 Å². The van der Waals surface area contributed by atoms with E-state index in [9.17, 15) is 0 Å². The highest BCUT2D eigenvalue weighted by molar-refractivity contribution is 4.94. The van der Waals surface area contributed by atoms with Gasteiger partial charge in [-0.2, -0.15) is 0 Å². The van der Waals surface area contributed by atoms with Crippen LogP contribution in [0.4, 0.5) is 0 Å². The third-order valence-corrected chi connectivity index (χ3v) is 4.87. The summed E-state index contributed by atoms with van der Waals surface area (Å²) in [6.45, 7) is 8.70. The van der Waals surface area contributed by atoms with Crippen molar-refractivity contribution in [3.8, 4) is 0 Å². The third kappa shape index (κ3) is 2.43. The lowest BCUT2D eigenvalue weighted by Crippen LogP contribution is -2.57. The van der Waals surface area contributed by atoms with Gasteiger partial charge in [-0.25, -0.2) is 0 Å². The van der Waals surface area contributed by atoms with Crippen molar-refractivity contribution in [2.45, 2.75) is 51.6 Å². The number of hydrogen-bond donors (Lipinski definition) is 1. The molecule has 3 unspecified atom stereocenters. The third-order valence-electron chi connectivity index (χ3n) is 4.87. The zero-order valence-corrected chi connectivity index (χ0v) is 10.8. The van der Waals surface area contributed by atoms with Crippen LogP contribution in [0.15, 0.2) is 0 Å². The second kappa shape index (κ2) is 4.30. The molecule has 2 aliphatic carbocycles. The summed E-state index contributed by atoms with van der Waals surface area (Å²) in [5, 5.41) is 3.74. The molecule has 0 spiro atoms. The molecule has 3 atom stereocenters. The average molecular weight is 222 g/mol. The highest BCUT2D eigenvalue weighted by atomic mass is 15.2. The van der Waals surface area contributed by atoms with E-state index in [1.165, 1.54) is 45.3 Å². The van der Waals surface area contributed by atoms with Gasteiger partial charge < -0.3 is 5.32 Å². The molecule has 2 heteroatoms. The topological polar surface area (TPSA) is 15.3 Å². The SMILES string of the molecule is CC(CN1CC(C2CC2)NCC1C)C1CC1. The summed E-state index contributed by atoms with van der Waals surface area (Å²) >= 11 is 0. The first-order valence-corrected chi connectivity index (χ1v) is 7.21. The van der Waals surface area contributed by atoms with Crippen LogP contribution < -0.4 is 5.32 Å². The predicted molar refractivity (Wildman–Crippen MR) is 67.4 cm³/mol. The van der Waals surface area contributed by atoms with E-state index in [1.807, 2.05) is 0 Å². The lowest BCUT2D eigenvalue weighted by molar-refractivity contribution is 0.111. The van der Waals surface area contributed by atoms with Gasteiger partial charge in [0.1, 0.15) is 0 Å². The van der Waals surface area contributed by atoms with Crippen molar-refractivity contribution in [1.29, 1.82) is 0 Å². The van der Waals surface area contributed by atoms with Gasteiger partial charge >= 0.3 is 0 Å². The molecular weight excluding hydrogens is 196 g/mol. The van der Waals surface area contributed by atoms with E-state index >= 15 is 0 Å². The Kier molecular flexibility index (Phi) is 2.97. The van der Waals surface area contributed by atoms with Crippen molar-refractivity contribution in [3.63, 3.8) is 0 Å². The van der Waals surface area contributed by atoms with Crippen molar-refractivity contribution < 1.29 is 0 Å². The van der Waals surface area contributed by atoms with Crippen LogP contribution in [-0.4, -0.2) is 36.6 Å². The Labute approximate surface area is 99.8 Å². The van der Waals surface area contributed by atoms with Crippen LogP contribution in [0.5, 0.6) is 0 Å². The average Bonchev–Trinajstić information content (AvgIpc) is 3.15. The minimum absolute atomic E-state index is 0.746. The van der Waals surface area contributed by atoms with E-state index < -0.39 is 0 Å². The van der Waals surface area contributed by atoms with Gasteiger partial charge in [-0.15, -0.1) is 0 Å². The van der Waals surface area contributed by atoms with Crippen LogP contribution in [0.1, 0.15) is 39.5 Å². The molecule has 0 amide bonds. The largest absolute Gasteiger partial charge is 0.311 e. The maximum atomic E-state index is 3.74. The van der Waals surface area contributed by atoms with Gasteiger partial charge in [-0.05, 0) is 50.4 Å². The predicted octanol–water partition coefficient (Wildman–Crippen LogP) is 2.10. The van der Waals surface area contributed by atoms with Gasteiger partial charge in [0.15, 0.2) is 0 Å². The Morgan fingerprint density at radius 3 is 2.62 bits per heavy atom. The van der Waals surface area contributed by atoms with Crippen LogP contribution in [0.3, 0.4) is 0 Å². The summed E-state index contributed by atoms with van der Waals surface area (Å²) in [7, 11) is 0. The molecule has 1 saturated heterocycles. The molecule has 0 bridgehead atoms. The second-order valence-electron chi connectivity index (χ2n) is 6.47. The fourth-order valence-corrected chi connectivity index (χ4v) is 3.20. The molecule has 3 aliphatic rings. The molecule has 1 heterocycles. The monoisotopic (exact) mass is 222 g/mol. The molecule has 3 fully saturated rings. The number of nitrogens with zero attached hydrogens (tertiary/aromatic N) is 1. The lowest BCUT2D eigenvalue weighted by atomic mass is 10.0. The Balaban J connectivity index is 1.53. The molecule has 0 aromatic heterocycles. The number of hydrogen-bond acceptors (Lipinski definition) is 2. The summed E-state index contributed by atoms with van der Waals surface area (Å²) in [5.74, 6) is 2.99. The fraction of sp³-hybridized carbons (Fsp3) is 1.00. The van der Waals surface area contributed by atoms with Gasteiger partial charge in [0.25, 0.3) is 0 Å². The Morgan fingerprint density at radius 1 is 1.25 bits per heavy atom. The number of rotatable bonds is 4. The summed E-state index contributed by atoms with van der Waals surface area (Å²) in [5.41, 5.74) is 0. The lowest BCUT2D eigenvalue weighted by Gasteiger charge is -2.40. The zero-order valence-electron chi connectivity index (χ0n) is 10.8. The summed E-state index contributed by atoms with van der Waals surface area (Å²) in [6.07, 6.45) is 5.93. The van der Waals surface area contributed by atoms with Crippen LogP contribution in [-0.2, 0) is 0 Å². The minimum atomic E-state index is 0.746. The van der Waals surface area contributed by atoms with Crippen LogP contribution in [0.25, 0.3) is 0 Å². The van der Waals surface area contributed by atoms with Crippen molar-refractivity contribution in [3.05, 3.63) is 0 Å². The van der Waals surface area contributed by atoms with Gasteiger partial charge in [0, 0.05) is 31.7 Å². The first-order chi connectivity index (χ1) is 7.74. The molecule has 16 heavy (non-hydrogen) atoms. The fourth-order valence-electron chi connectivity index (χ4n) is 3.20. The Bertz CT molecular complexity index is 243. The first kappa shape index (κ1) is 11.0. The summed E-state index contributed by atoms with van der Waals surface area (Å²) in [4.78, 5) is 2.75. The molecule has 92 valence electrons. The van der Waals surface area contributed by atoms with Gasteiger partial charge in [0.2, 0.25) is 0 Å². The molecule has 3 rings (SSSR count). The van der Waals surface area contributed by atoms with Crippen molar-refractivity contribution in [1.82, 2.24) is 10.2 Å². The van der Waals surface area contributed by atoms with Gasteiger partial charge in [-0.1, -0.05) is 6.92 Å². The van der Waals surface area contributed by atoms with E-state index in [0.717, 1.165) is 29.8 Å². The van der Waals surface area contributed by atoms with Crippen LogP contribution in [0, 0.1) is 17.8 Å². The normalized spacial score (nSPS) is 38.6. The minimum Gasteiger partial charge on any atom is -0.311 e. The molecule has 0 aromatic carbocycles. The number of piperazine rings is 1. The quantitative estimate of drug-likeness (QED) is 0.783. The first-order valence-electron chi connectivity index (χ1n) is 7.21. The smallest absolute Gasteiger partial charge is 0.0224 e. The Hall–Kier alpha value is -0.0800. The second-order valence-corrected chi connectivity index (χ2v) is 6.47. The highest BCUT2D eigenvalue weighted by Gasteiger charge is 2.37. The maximum absolute atomic E-state index is 3.74. The standard InChI is InChI=1S/C14H26N2/c1-10(12-3-4-12)8-16-9-14(13-5-6-13)15-7-11(16)2/h10-15H,3-9H2,1-2H3. The number of nitrogens with one attached hydrogen (secondary N) is 1.